The van der Waals surface area contributed by atoms with Gasteiger partial charge >= 0.3 is 0 Å². The molecule has 2 heterocycles. The van der Waals surface area contributed by atoms with Crippen LogP contribution in [0.1, 0.15) is 5.56 Å². The number of pyridine rings is 1. The molecule has 0 atom stereocenters. The van der Waals surface area contributed by atoms with Crippen molar-refractivity contribution in [2.45, 2.75) is 6.92 Å². The van der Waals surface area contributed by atoms with Crippen LogP contribution in [0.25, 0.3) is 33.4 Å². The van der Waals surface area contributed by atoms with E-state index in [9.17, 15) is 4.39 Å². The number of hydrogen-bond donors (Lipinski definition) is 0. The van der Waals surface area contributed by atoms with E-state index in [1.54, 1.807) is 19.2 Å². The molecule has 0 saturated carbocycles. The molecule has 0 unspecified atom stereocenters. The standard InChI is InChI=1S/C20H16FN3/c1-13-10-15(5-7-17(13)21)20-16(4-3-9-22-20)14-6-8-19-18(11-14)23-12-24(19)2/h3-12H,1-2H3. The van der Waals surface area contributed by atoms with Gasteiger partial charge in [0, 0.05) is 24.4 Å². The molecule has 24 heavy (non-hydrogen) atoms. The highest BCUT2D eigenvalue weighted by atomic mass is 19.1. The number of aromatic nitrogens is 3. The number of rotatable bonds is 2. The lowest BCUT2D eigenvalue weighted by Crippen LogP contribution is -1.91. The molecule has 0 spiro atoms. The zero-order valence-electron chi connectivity index (χ0n) is 13.5. The third-order valence-electron chi connectivity index (χ3n) is 4.28. The van der Waals surface area contributed by atoms with Crippen LogP contribution in [0, 0.1) is 12.7 Å². The van der Waals surface area contributed by atoms with Crippen LogP contribution in [0.15, 0.2) is 61.1 Å². The molecule has 0 aliphatic rings. The van der Waals surface area contributed by atoms with Crippen molar-refractivity contribution in [3.63, 3.8) is 0 Å². The minimum atomic E-state index is -0.203. The zero-order valence-corrected chi connectivity index (χ0v) is 13.5. The number of hydrogen-bond acceptors (Lipinski definition) is 2. The van der Waals surface area contributed by atoms with Gasteiger partial charge in [-0.25, -0.2) is 9.37 Å². The molecule has 2 aromatic heterocycles. The van der Waals surface area contributed by atoms with Gasteiger partial charge in [0.25, 0.3) is 0 Å². The molecule has 4 rings (SSSR count). The lowest BCUT2D eigenvalue weighted by molar-refractivity contribution is 0.619. The highest BCUT2D eigenvalue weighted by Gasteiger charge is 2.11. The van der Waals surface area contributed by atoms with Gasteiger partial charge in [-0.2, -0.15) is 0 Å². The van der Waals surface area contributed by atoms with Crippen LogP contribution in [0.3, 0.4) is 0 Å². The average molecular weight is 317 g/mol. The normalized spacial score (nSPS) is 11.1. The van der Waals surface area contributed by atoms with Gasteiger partial charge in [-0.3, -0.25) is 4.98 Å². The molecular formula is C20H16FN3. The second kappa shape index (κ2) is 5.57. The van der Waals surface area contributed by atoms with Crippen molar-refractivity contribution in [3.05, 3.63) is 72.4 Å². The van der Waals surface area contributed by atoms with Crippen LogP contribution in [-0.2, 0) is 7.05 Å². The van der Waals surface area contributed by atoms with Gasteiger partial charge in [0.05, 0.1) is 23.1 Å². The van der Waals surface area contributed by atoms with Crippen LogP contribution < -0.4 is 0 Å². The number of fused-ring (bicyclic) bond motifs is 1. The van der Waals surface area contributed by atoms with E-state index in [0.29, 0.717) is 5.56 Å². The molecule has 4 aromatic rings. The fraction of sp³-hybridized carbons (Fsp3) is 0.100. The molecule has 0 bridgehead atoms. The number of imidazole rings is 1. The van der Waals surface area contributed by atoms with Crippen LogP contribution in [0.4, 0.5) is 4.39 Å². The summed E-state index contributed by atoms with van der Waals surface area (Å²) in [6.45, 7) is 1.77. The van der Waals surface area contributed by atoms with E-state index in [2.05, 4.69) is 28.2 Å². The van der Waals surface area contributed by atoms with Gasteiger partial charge in [-0.15, -0.1) is 0 Å². The lowest BCUT2D eigenvalue weighted by Gasteiger charge is -2.10. The topological polar surface area (TPSA) is 30.7 Å². The first kappa shape index (κ1) is 14.6. The fourth-order valence-corrected chi connectivity index (χ4v) is 2.96. The molecule has 4 heteroatoms. The van der Waals surface area contributed by atoms with E-state index >= 15 is 0 Å². The minimum absolute atomic E-state index is 0.203. The lowest BCUT2D eigenvalue weighted by atomic mass is 9.98. The van der Waals surface area contributed by atoms with Crippen molar-refractivity contribution >= 4 is 11.0 Å². The van der Waals surface area contributed by atoms with Gasteiger partial charge in [-0.05, 0) is 54.4 Å². The maximum Gasteiger partial charge on any atom is 0.126 e. The van der Waals surface area contributed by atoms with Gasteiger partial charge < -0.3 is 4.57 Å². The zero-order chi connectivity index (χ0) is 16.7. The van der Waals surface area contributed by atoms with Crippen molar-refractivity contribution in [2.24, 2.45) is 7.05 Å². The molecule has 3 nitrogen and oxygen atoms in total. The Morgan fingerprint density at radius 2 is 1.79 bits per heavy atom. The predicted molar refractivity (Wildman–Crippen MR) is 94.1 cm³/mol. The van der Waals surface area contributed by atoms with Crippen molar-refractivity contribution in [3.8, 4) is 22.4 Å². The van der Waals surface area contributed by atoms with Crippen LogP contribution >= 0.6 is 0 Å². The number of halogens is 1. The summed E-state index contributed by atoms with van der Waals surface area (Å²) in [5, 5.41) is 0. The summed E-state index contributed by atoms with van der Waals surface area (Å²) in [5.41, 5.74) is 6.45. The monoisotopic (exact) mass is 317 g/mol. The smallest absolute Gasteiger partial charge is 0.126 e. The number of nitrogens with zero attached hydrogens (tertiary/aromatic N) is 3. The maximum absolute atomic E-state index is 13.6. The fourth-order valence-electron chi connectivity index (χ4n) is 2.96. The van der Waals surface area contributed by atoms with E-state index in [4.69, 9.17) is 0 Å². The Morgan fingerprint density at radius 3 is 2.62 bits per heavy atom. The van der Waals surface area contributed by atoms with E-state index < -0.39 is 0 Å². The molecule has 0 saturated heterocycles. The Labute approximate surface area is 139 Å². The summed E-state index contributed by atoms with van der Waals surface area (Å²) < 4.78 is 15.6. The molecule has 0 aliphatic heterocycles. The van der Waals surface area contributed by atoms with Crippen molar-refractivity contribution in [1.29, 1.82) is 0 Å². The molecule has 0 amide bonds. The largest absolute Gasteiger partial charge is 0.334 e. The first-order valence-electron chi connectivity index (χ1n) is 7.76. The molecule has 2 aromatic carbocycles. The first-order chi connectivity index (χ1) is 11.6. The van der Waals surface area contributed by atoms with Crippen LogP contribution in [0.2, 0.25) is 0 Å². The highest BCUT2D eigenvalue weighted by molar-refractivity contribution is 5.87. The second-order valence-corrected chi connectivity index (χ2v) is 5.92. The summed E-state index contributed by atoms with van der Waals surface area (Å²) in [6, 6.07) is 15.2. The van der Waals surface area contributed by atoms with Crippen LogP contribution in [0.5, 0.6) is 0 Å². The maximum atomic E-state index is 13.6. The Bertz CT molecular complexity index is 1050. The quantitative estimate of drug-likeness (QED) is 0.534. The van der Waals surface area contributed by atoms with Gasteiger partial charge in [0.15, 0.2) is 0 Å². The van der Waals surface area contributed by atoms with E-state index in [1.165, 1.54) is 6.07 Å². The Kier molecular flexibility index (Phi) is 3.38. The third-order valence-corrected chi connectivity index (χ3v) is 4.28. The van der Waals surface area contributed by atoms with E-state index in [0.717, 1.165) is 33.4 Å². The van der Waals surface area contributed by atoms with Crippen molar-refractivity contribution in [1.82, 2.24) is 14.5 Å². The van der Waals surface area contributed by atoms with Gasteiger partial charge in [-0.1, -0.05) is 12.1 Å². The second-order valence-electron chi connectivity index (χ2n) is 5.92. The van der Waals surface area contributed by atoms with Crippen molar-refractivity contribution in [2.75, 3.05) is 0 Å². The Balaban J connectivity index is 1.90. The Hall–Kier alpha value is -3.01. The number of benzene rings is 2. The van der Waals surface area contributed by atoms with Gasteiger partial charge in [0.1, 0.15) is 5.82 Å². The average Bonchev–Trinajstić information content (AvgIpc) is 2.98. The summed E-state index contributed by atoms with van der Waals surface area (Å²) in [4.78, 5) is 8.96. The summed E-state index contributed by atoms with van der Waals surface area (Å²) in [7, 11) is 1.98. The molecular weight excluding hydrogens is 301 g/mol. The summed E-state index contributed by atoms with van der Waals surface area (Å²) >= 11 is 0. The highest BCUT2D eigenvalue weighted by Crippen LogP contribution is 2.32. The molecule has 0 aliphatic carbocycles. The van der Waals surface area contributed by atoms with Crippen LogP contribution in [-0.4, -0.2) is 14.5 Å². The minimum Gasteiger partial charge on any atom is -0.334 e. The predicted octanol–water partition coefficient (Wildman–Crippen LogP) is 4.75. The first-order valence-corrected chi connectivity index (χ1v) is 7.76. The number of aryl methyl sites for hydroxylation is 2. The van der Waals surface area contributed by atoms with E-state index in [-0.39, 0.29) is 5.82 Å². The van der Waals surface area contributed by atoms with E-state index in [1.807, 2.05) is 36.1 Å². The van der Waals surface area contributed by atoms with Crippen molar-refractivity contribution < 1.29 is 4.39 Å². The molecule has 0 radical (unpaired) electrons. The van der Waals surface area contributed by atoms with Gasteiger partial charge in [0.2, 0.25) is 0 Å². The summed E-state index contributed by atoms with van der Waals surface area (Å²) in [5.74, 6) is -0.203. The summed E-state index contributed by atoms with van der Waals surface area (Å²) in [6.07, 6.45) is 3.57. The SMILES string of the molecule is Cc1cc(-c2ncccc2-c2ccc3c(c2)ncn3C)ccc1F. The Morgan fingerprint density at radius 1 is 0.958 bits per heavy atom. The third kappa shape index (κ3) is 2.36. The molecule has 0 N–H and O–H groups in total. The molecule has 0 fully saturated rings. The molecule has 118 valence electrons.